The molecule has 1 atom stereocenters. The molecule has 2 N–H and O–H groups in total. The number of hydrogen-bond donors (Lipinski definition) is 2. The quantitative estimate of drug-likeness (QED) is 0.543. The first-order chi connectivity index (χ1) is 14.7. The van der Waals surface area contributed by atoms with Crippen LogP contribution in [0.15, 0.2) is 53.7 Å². The van der Waals surface area contributed by atoms with Crippen LogP contribution < -0.4 is 14.8 Å². The van der Waals surface area contributed by atoms with Crippen LogP contribution in [0.5, 0.6) is 5.75 Å². The Labute approximate surface area is 180 Å². The van der Waals surface area contributed by atoms with Crippen molar-refractivity contribution < 1.29 is 17.9 Å². The number of carbonyl (C=O) groups excluding carboxylic acids is 1. The van der Waals surface area contributed by atoms with E-state index in [1.807, 2.05) is 6.92 Å². The maximum Gasteiger partial charge on any atom is 0.242 e. The van der Waals surface area contributed by atoms with Crippen LogP contribution in [0.2, 0.25) is 0 Å². The van der Waals surface area contributed by atoms with Gasteiger partial charge < -0.3 is 10.1 Å². The average Bonchev–Trinajstić information content (AvgIpc) is 3.26. The number of nitrogens with zero attached hydrogens (tertiary/aromatic N) is 4. The maximum atomic E-state index is 12.9. The number of sulfonamides is 1. The third-order valence-corrected chi connectivity index (χ3v) is 6.12. The average molecular weight is 445 g/mol. The highest BCUT2D eigenvalue weighted by Crippen LogP contribution is 2.20. The normalized spacial score (nSPS) is 12.5. The fourth-order valence-corrected chi connectivity index (χ4v) is 4.31. The Morgan fingerprint density at radius 1 is 1.13 bits per heavy atom. The van der Waals surface area contributed by atoms with E-state index >= 15 is 0 Å². The molecule has 0 unspecified atom stereocenters. The fraction of sp³-hybridized carbons (Fsp3) is 0.300. The van der Waals surface area contributed by atoms with E-state index in [-0.39, 0.29) is 10.8 Å². The highest BCUT2D eigenvalue weighted by atomic mass is 32.2. The smallest absolute Gasteiger partial charge is 0.242 e. The summed E-state index contributed by atoms with van der Waals surface area (Å²) in [6.45, 7) is 5.40. The summed E-state index contributed by atoms with van der Waals surface area (Å²) in [6, 6.07) is 10.2. The van der Waals surface area contributed by atoms with Crippen LogP contribution in [0, 0.1) is 12.8 Å². The topological polar surface area (TPSA) is 128 Å². The van der Waals surface area contributed by atoms with Crippen LogP contribution >= 0.6 is 0 Å². The third-order valence-electron chi connectivity index (χ3n) is 4.66. The summed E-state index contributed by atoms with van der Waals surface area (Å²) < 4.78 is 34.6. The summed E-state index contributed by atoms with van der Waals surface area (Å²) in [5, 5.41) is 13.9. The van der Waals surface area contributed by atoms with Gasteiger partial charge in [0.2, 0.25) is 15.9 Å². The Morgan fingerprint density at radius 2 is 1.84 bits per heavy atom. The number of anilines is 1. The summed E-state index contributed by atoms with van der Waals surface area (Å²) in [7, 11) is -2.41. The predicted octanol–water partition coefficient (Wildman–Crippen LogP) is 1.92. The van der Waals surface area contributed by atoms with E-state index in [2.05, 4.69) is 25.6 Å². The molecule has 1 amide bonds. The lowest BCUT2D eigenvalue weighted by Crippen LogP contribution is -2.47. The first-order valence-electron chi connectivity index (χ1n) is 9.52. The van der Waals surface area contributed by atoms with Gasteiger partial charge in [0.15, 0.2) is 0 Å². The van der Waals surface area contributed by atoms with Gasteiger partial charge >= 0.3 is 0 Å². The molecule has 3 rings (SSSR count). The number of nitrogens with one attached hydrogen (secondary N) is 2. The number of methoxy groups -OCH3 is 1. The zero-order valence-electron chi connectivity index (χ0n) is 17.6. The number of aryl methyl sites for hydroxylation is 1. The molecule has 10 nitrogen and oxygen atoms in total. The lowest BCUT2D eigenvalue weighted by atomic mass is 10.0. The van der Waals surface area contributed by atoms with Crippen LogP contribution in [0.4, 0.5) is 5.69 Å². The molecule has 0 saturated heterocycles. The number of ether oxygens (including phenoxy) is 1. The van der Waals surface area contributed by atoms with Crippen molar-refractivity contribution in [1.82, 2.24) is 24.9 Å². The first-order valence-corrected chi connectivity index (χ1v) is 11.0. The molecule has 0 spiro atoms. The molecule has 1 aromatic heterocycles. The zero-order valence-corrected chi connectivity index (χ0v) is 18.4. The van der Waals surface area contributed by atoms with Gasteiger partial charge in [-0.3, -0.25) is 4.79 Å². The largest absolute Gasteiger partial charge is 0.497 e. The van der Waals surface area contributed by atoms with E-state index < -0.39 is 22.0 Å². The van der Waals surface area contributed by atoms with Gasteiger partial charge in [-0.05, 0) is 71.3 Å². The minimum absolute atomic E-state index is 0.0494. The van der Waals surface area contributed by atoms with Gasteiger partial charge in [0.05, 0.1) is 17.7 Å². The summed E-state index contributed by atoms with van der Waals surface area (Å²) >= 11 is 0. The van der Waals surface area contributed by atoms with Crippen molar-refractivity contribution in [3.63, 3.8) is 0 Å². The second kappa shape index (κ2) is 9.23. The van der Waals surface area contributed by atoms with Crippen molar-refractivity contribution in [1.29, 1.82) is 0 Å². The Hall–Kier alpha value is -3.31. The number of carbonyl (C=O) groups is 1. The van der Waals surface area contributed by atoms with Gasteiger partial charge in [-0.1, -0.05) is 13.8 Å². The van der Waals surface area contributed by atoms with Crippen molar-refractivity contribution in [3.8, 4) is 11.4 Å². The second-order valence-corrected chi connectivity index (χ2v) is 8.98. The summed E-state index contributed by atoms with van der Waals surface area (Å²) in [5.74, 6) is -0.200. The summed E-state index contributed by atoms with van der Waals surface area (Å²) in [6.07, 6.45) is 1.48. The first kappa shape index (κ1) is 22.4. The van der Waals surface area contributed by atoms with E-state index in [1.54, 1.807) is 44.2 Å². The molecule has 11 heteroatoms. The Bertz CT molecular complexity index is 1140. The second-order valence-electron chi connectivity index (χ2n) is 7.26. The van der Waals surface area contributed by atoms with Crippen LogP contribution in [-0.2, 0) is 14.8 Å². The van der Waals surface area contributed by atoms with Crippen molar-refractivity contribution in [3.05, 3.63) is 54.4 Å². The SMILES string of the molecule is COc1ccc(S(=O)(=O)N[C@H](C(=O)Nc2ccc(-n3cnnn3)c(C)c2)C(C)C)cc1. The number of rotatable bonds is 8. The van der Waals surface area contributed by atoms with Crippen molar-refractivity contribution in [2.75, 3.05) is 12.4 Å². The molecule has 0 bridgehead atoms. The molecule has 0 aliphatic heterocycles. The number of aromatic nitrogens is 4. The lowest BCUT2D eigenvalue weighted by Gasteiger charge is -2.22. The third kappa shape index (κ3) is 5.25. The molecule has 0 fully saturated rings. The molecule has 1 heterocycles. The minimum atomic E-state index is -3.90. The number of hydrogen-bond acceptors (Lipinski definition) is 7. The Kier molecular flexibility index (Phi) is 6.66. The van der Waals surface area contributed by atoms with Gasteiger partial charge in [-0.15, -0.1) is 5.10 Å². The zero-order chi connectivity index (χ0) is 22.6. The van der Waals surface area contributed by atoms with Gasteiger partial charge in [0.25, 0.3) is 0 Å². The van der Waals surface area contributed by atoms with Crippen LogP contribution in [0.25, 0.3) is 5.69 Å². The summed E-state index contributed by atoms with van der Waals surface area (Å²) in [5.41, 5.74) is 2.14. The highest BCUT2D eigenvalue weighted by Gasteiger charge is 2.28. The van der Waals surface area contributed by atoms with Crippen molar-refractivity contribution in [2.24, 2.45) is 5.92 Å². The van der Waals surface area contributed by atoms with E-state index in [4.69, 9.17) is 4.74 Å². The highest BCUT2D eigenvalue weighted by molar-refractivity contribution is 7.89. The van der Waals surface area contributed by atoms with Gasteiger partial charge in [-0.2, -0.15) is 4.72 Å². The minimum Gasteiger partial charge on any atom is -0.497 e. The van der Waals surface area contributed by atoms with Crippen molar-refractivity contribution in [2.45, 2.75) is 31.7 Å². The van der Waals surface area contributed by atoms with Gasteiger partial charge in [0.1, 0.15) is 18.1 Å². The predicted molar refractivity (Wildman–Crippen MR) is 114 cm³/mol. The van der Waals surface area contributed by atoms with Crippen LogP contribution in [0.3, 0.4) is 0 Å². The molecule has 0 radical (unpaired) electrons. The number of amides is 1. The standard InChI is InChI=1S/C20H24N6O4S/c1-13(2)19(23-31(28,29)17-8-6-16(30-4)7-9-17)20(27)22-15-5-10-18(14(3)11-15)26-12-21-24-25-26/h5-13,19,23H,1-4H3,(H,22,27)/t19-/m0/s1. The van der Waals surface area contributed by atoms with Gasteiger partial charge in [-0.25, -0.2) is 13.1 Å². The molecule has 2 aromatic carbocycles. The number of tetrazole rings is 1. The van der Waals surface area contributed by atoms with E-state index in [0.29, 0.717) is 11.4 Å². The van der Waals surface area contributed by atoms with E-state index in [1.165, 1.54) is 30.3 Å². The molecule has 3 aromatic rings. The molecule has 0 saturated carbocycles. The van der Waals surface area contributed by atoms with Gasteiger partial charge in [0, 0.05) is 5.69 Å². The van der Waals surface area contributed by atoms with E-state index in [0.717, 1.165) is 11.3 Å². The fourth-order valence-electron chi connectivity index (χ4n) is 2.96. The lowest BCUT2D eigenvalue weighted by molar-refractivity contribution is -0.118. The molecule has 0 aliphatic rings. The molecule has 164 valence electrons. The molecule has 0 aliphatic carbocycles. The molecule has 31 heavy (non-hydrogen) atoms. The summed E-state index contributed by atoms with van der Waals surface area (Å²) in [4.78, 5) is 12.9. The maximum absolute atomic E-state index is 12.9. The Balaban J connectivity index is 1.76. The van der Waals surface area contributed by atoms with Crippen molar-refractivity contribution >= 4 is 21.6 Å². The van der Waals surface area contributed by atoms with E-state index in [9.17, 15) is 13.2 Å². The molecular weight excluding hydrogens is 420 g/mol. The monoisotopic (exact) mass is 444 g/mol. The molecular formula is C20H24N6O4S. The van der Waals surface area contributed by atoms with Crippen LogP contribution in [-0.4, -0.2) is 47.7 Å². The number of benzene rings is 2. The van der Waals surface area contributed by atoms with Crippen LogP contribution in [0.1, 0.15) is 19.4 Å². The Morgan fingerprint density at radius 3 is 2.39 bits per heavy atom.